The van der Waals surface area contributed by atoms with Gasteiger partial charge < -0.3 is 5.32 Å². The Labute approximate surface area is 114 Å². The molecule has 1 aliphatic rings. The van der Waals surface area contributed by atoms with Gasteiger partial charge in [0.25, 0.3) is 0 Å². The summed E-state index contributed by atoms with van der Waals surface area (Å²) in [6.07, 6.45) is 4.89. The quantitative estimate of drug-likeness (QED) is 0.895. The first-order valence-electron chi connectivity index (χ1n) is 6.74. The first-order chi connectivity index (χ1) is 8.70. The van der Waals surface area contributed by atoms with Gasteiger partial charge in [-0.15, -0.1) is 0 Å². The fraction of sp³-hybridized carbons (Fsp3) is 0.600. The number of likely N-dealkylation sites (N-methyl/N-ethyl adjacent to an activating group) is 1. The van der Waals surface area contributed by atoms with Crippen LogP contribution >= 0.6 is 11.8 Å². The summed E-state index contributed by atoms with van der Waals surface area (Å²) in [6, 6.07) is 5.57. The van der Waals surface area contributed by atoms with E-state index in [0.717, 1.165) is 12.0 Å². The van der Waals surface area contributed by atoms with Crippen molar-refractivity contribution in [2.45, 2.75) is 43.9 Å². The highest BCUT2D eigenvalue weighted by Crippen LogP contribution is 2.29. The lowest BCUT2D eigenvalue weighted by Crippen LogP contribution is -2.39. The zero-order valence-electron chi connectivity index (χ0n) is 11.2. The zero-order chi connectivity index (χ0) is 13.0. The normalized spacial score (nSPS) is 21.8. The van der Waals surface area contributed by atoms with Gasteiger partial charge in [-0.05, 0) is 62.2 Å². The summed E-state index contributed by atoms with van der Waals surface area (Å²) in [4.78, 5) is 0. The van der Waals surface area contributed by atoms with Crippen molar-refractivity contribution in [1.82, 2.24) is 5.32 Å². The summed E-state index contributed by atoms with van der Waals surface area (Å²) in [5.74, 6) is 1.15. The Kier molecular flexibility index (Phi) is 5.07. The van der Waals surface area contributed by atoms with Crippen LogP contribution in [-0.4, -0.2) is 24.1 Å². The molecule has 2 rings (SSSR count). The highest BCUT2D eigenvalue weighted by molar-refractivity contribution is 8.00. The lowest BCUT2D eigenvalue weighted by Gasteiger charge is -2.30. The van der Waals surface area contributed by atoms with Crippen LogP contribution in [0.5, 0.6) is 0 Å². The van der Waals surface area contributed by atoms with Crippen molar-refractivity contribution >= 4 is 11.8 Å². The van der Waals surface area contributed by atoms with Gasteiger partial charge in [-0.3, -0.25) is 0 Å². The minimum Gasteiger partial charge on any atom is -0.316 e. The second kappa shape index (κ2) is 6.58. The highest BCUT2D eigenvalue weighted by atomic mass is 32.2. The van der Waals surface area contributed by atoms with E-state index in [0.29, 0.717) is 11.3 Å². The molecule has 18 heavy (non-hydrogen) atoms. The molecule has 2 atom stereocenters. The molecule has 1 aromatic carbocycles. The molecule has 1 nitrogen and oxygen atoms in total. The third-order valence-electron chi connectivity index (χ3n) is 3.79. The molecule has 100 valence electrons. The van der Waals surface area contributed by atoms with Gasteiger partial charge in [0.2, 0.25) is 0 Å². The van der Waals surface area contributed by atoms with E-state index in [2.05, 4.69) is 24.0 Å². The summed E-state index contributed by atoms with van der Waals surface area (Å²) in [7, 11) is 2.02. The van der Waals surface area contributed by atoms with E-state index < -0.39 is 0 Å². The van der Waals surface area contributed by atoms with Gasteiger partial charge in [0.05, 0.1) is 0 Å². The first-order valence-corrected chi connectivity index (χ1v) is 7.79. The molecule has 0 radical (unpaired) electrons. The van der Waals surface area contributed by atoms with Crippen molar-refractivity contribution in [3.63, 3.8) is 0 Å². The standard InChI is InChI=1S/C15H22FNS/c1-11-6-7-13(16)9-12(11)10-14(17-2)15-5-3-4-8-18-15/h6-7,9,14-15,17H,3-5,8,10H2,1-2H3. The van der Waals surface area contributed by atoms with Crippen molar-refractivity contribution in [2.75, 3.05) is 12.8 Å². The molecule has 1 fully saturated rings. The topological polar surface area (TPSA) is 12.0 Å². The predicted octanol–water partition coefficient (Wildman–Crippen LogP) is 3.55. The maximum atomic E-state index is 13.3. The average Bonchev–Trinajstić information content (AvgIpc) is 2.41. The molecule has 1 N–H and O–H groups in total. The van der Waals surface area contributed by atoms with Crippen LogP contribution in [0.25, 0.3) is 0 Å². The Bertz CT molecular complexity index is 388. The Morgan fingerprint density at radius 1 is 1.44 bits per heavy atom. The van der Waals surface area contributed by atoms with E-state index in [1.165, 1.54) is 30.6 Å². The number of hydrogen-bond donors (Lipinski definition) is 1. The summed E-state index contributed by atoms with van der Waals surface area (Å²) in [5, 5.41) is 4.10. The summed E-state index contributed by atoms with van der Waals surface area (Å²) in [5.41, 5.74) is 2.33. The van der Waals surface area contributed by atoms with Crippen molar-refractivity contribution in [2.24, 2.45) is 0 Å². The second-order valence-corrected chi connectivity index (χ2v) is 6.42. The van der Waals surface area contributed by atoms with E-state index in [9.17, 15) is 4.39 Å². The molecule has 0 aliphatic carbocycles. The van der Waals surface area contributed by atoms with E-state index >= 15 is 0 Å². The van der Waals surface area contributed by atoms with Gasteiger partial charge in [0, 0.05) is 11.3 Å². The van der Waals surface area contributed by atoms with Gasteiger partial charge in [-0.25, -0.2) is 4.39 Å². The third-order valence-corrected chi connectivity index (χ3v) is 5.30. The lowest BCUT2D eigenvalue weighted by atomic mass is 9.96. The zero-order valence-corrected chi connectivity index (χ0v) is 12.0. The fourth-order valence-corrected chi connectivity index (χ4v) is 4.07. The predicted molar refractivity (Wildman–Crippen MR) is 77.8 cm³/mol. The van der Waals surface area contributed by atoms with Crippen molar-refractivity contribution in [3.05, 3.63) is 35.1 Å². The second-order valence-electron chi connectivity index (χ2n) is 5.08. The highest BCUT2D eigenvalue weighted by Gasteiger charge is 2.23. The van der Waals surface area contributed by atoms with Crippen molar-refractivity contribution in [3.8, 4) is 0 Å². The van der Waals surface area contributed by atoms with E-state index in [-0.39, 0.29) is 5.82 Å². The number of halogens is 1. The number of nitrogens with one attached hydrogen (secondary N) is 1. The Morgan fingerprint density at radius 3 is 2.94 bits per heavy atom. The molecule has 1 aromatic rings. The minimum absolute atomic E-state index is 0.123. The molecular formula is C15H22FNS. The molecule has 2 unspecified atom stereocenters. The maximum absolute atomic E-state index is 13.3. The van der Waals surface area contributed by atoms with Crippen LogP contribution < -0.4 is 5.32 Å². The van der Waals surface area contributed by atoms with Crippen molar-refractivity contribution in [1.29, 1.82) is 0 Å². The molecule has 0 bridgehead atoms. The van der Waals surface area contributed by atoms with Crippen molar-refractivity contribution < 1.29 is 4.39 Å². The number of rotatable bonds is 4. The molecule has 0 aromatic heterocycles. The van der Waals surface area contributed by atoms with Crippen LogP contribution in [0.4, 0.5) is 4.39 Å². The van der Waals surface area contributed by atoms with Gasteiger partial charge in [0.15, 0.2) is 0 Å². The number of thioether (sulfide) groups is 1. The van der Waals surface area contributed by atoms with Gasteiger partial charge in [-0.2, -0.15) is 11.8 Å². The average molecular weight is 267 g/mol. The molecule has 0 spiro atoms. The monoisotopic (exact) mass is 267 g/mol. The molecule has 0 amide bonds. The van der Waals surface area contributed by atoms with Crippen LogP contribution in [0.2, 0.25) is 0 Å². The van der Waals surface area contributed by atoms with Crippen LogP contribution in [0, 0.1) is 12.7 Å². The first kappa shape index (κ1) is 13.9. The van der Waals surface area contributed by atoms with Crippen LogP contribution in [0.1, 0.15) is 30.4 Å². The maximum Gasteiger partial charge on any atom is 0.123 e. The SMILES string of the molecule is CNC(Cc1cc(F)ccc1C)C1CCCCS1. The van der Waals surface area contributed by atoms with Gasteiger partial charge in [-0.1, -0.05) is 12.5 Å². The summed E-state index contributed by atoms with van der Waals surface area (Å²) >= 11 is 2.07. The number of benzene rings is 1. The largest absolute Gasteiger partial charge is 0.316 e. The Morgan fingerprint density at radius 2 is 2.28 bits per heavy atom. The molecule has 3 heteroatoms. The van der Waals surface area contributed by atoms with E-state index in [1.807, 2.05) is 13.1 Å². The van der Waals surface area contributed by atoms with E-state index in [1.54, 1.807) is 12.1 Å². The molecule has 1 aliphatic heterocycles. The van der Waals surface area contributed by atoms with Crippen LogP contribution in [-0.2, 0) is 6.42 Å². The third kappa shape index (κ3) is 3.48. The summed E-state index contributed by atoms with van der Waals surface area (Å²) < 4.78 is 13.3. The van der Waals surface area contributed by atoms with Gasteiger partial charge >= 0.3 is 0 Å². The summed E-state index contributed by atoms with van der Waals surface area (Å²) in [6.45, 7) is 2.06. The van der Waals surface area contributed by atoms with Crippen LogP contribution in [0.15, 0.2) is 18.2 Å². The minimum atomic E-state index is -0.123. The molecule has 1 heterocycles. The fourth-order valence-electron chi connectivity index (χ4n) is 2.60. The Hall–Kier alpha value is -0.540. The molecular weight excluding hydrogens is 245 g/mol. The number of aryl methyl sites for hydroxylation is 1. The molecule has 1 saturated heterocycles. The number of hydrogen-bond acceptors (Lipinski definition) is 2. The van der Waals surface area contributed by atoms with Gasteiger partial charge in [0.1, 0.15) is 5.82 Å². The molecule has 0 saturated carbocycles. The van der Waals surface area contributed by atoms with Crippen LogP contribution in [0.3, 0.4) is 0 Å². The Balaban J connectivity index is 2.06. The lowest BCUT2D eigenvalue weighted by molar-refractivity contribution is 0.493. The van der Waals surface area contributed by atoms with E-state index in [4.69, 9.17) is 0 Å². The smallest absolute Gasteiger partial charge is 0.123 e.